The van der Waals surface area contributed by atoms with E-state index in [4.69, 9.17) is 14.2 Å². The molecule has 0 aliphatic carbocycles. The Bertz CT molecular complexity index is 1100. The number of rotatable bonds is 6. The number of carbonyl (C=O) groups excluding carboxylic acids is 1. The van der Waals surface area contributed by atoms with Crippen LogP contribution in [0.1, 0.15) is 48.1 Å². The first-order valence-electron chi connectivity index (χ1n) is 10.8. The second-order valence-corrected chi connectivity index (χ2v) is 9.68. The standard InChI is InChI=1S/C23H28N2O6S/c1-16(17-6-8-21-22(14-17)31-13-12-30-21)24-32(27,28)18-7-9-20(29-2)19(15-18)23(26)25-10-4-3-5-11-25/h6-9,14-16,24H,3-5,10-13H2,1-2H3/t16-/m0/s1. The van der Waals surface area contributed by atoms with Gasteiger partial charge < -0.3 is 19.1 Å². The number of methoxy groups -OCH3 is 1. The van der Waals surface area contributed by atoms with Gasteiger partial charge in [-0.2, -0.15) is 0 Å². The van der Waals surface area contributed by atoms with Crippen LogP contribution in [0.25, 0.3) is 0 Å². The lowest BCUT2D eigenvalue weighted by atomic mass is 10.1. The first-order chi connectivity index (χ1) is 15.4. The van der Waals surface area contributed by atoms with Gasteiger partial charge in [0.2, 0.25) is 10.0 Å². The molecule has 9 heteroatoms. The highest BCUT2D eigenvalue weighted by Gasteiger charge is 2.26. The molecule has 1 fully saturated rings. The molecule has 4 rings (SSSR count). The van der Waals surface area contributed by atoms with E-state index in [1.54, 1.807) is 30.0 Å². The molecule has 0 aromatic heterocycles. The van der Waals surface area contributed by atoms with E-state index in [1.807, 2.05) is 0 Å². The highest BCUT2D eigenvalue weighted by molar-refractivity contribution is 7.89. The molecule has 1 amide bonds. The van der Waals surface area contributed by atoms with Gasteiger partial charge in [0.15, 0.2) is 11.5 Å². The van der Waals surface area contributed by atoms with Crippen LogP contribution in [0.5, 0.6) is 17.2 Å². The number of amides is 1. The molecule has 8 nitrogen and oxygen atoms in total. The number of sulfonamides is 1. The van der Waals surface area contributed by atoms with Gasteiger partial charge in [0.25, 0.3) is 5.91 Å². The summed E-state index contributed by atoms with van der Waals surface area (Å²) in [6.07, 6.45) is 2.98. The number of benzene rings is 2. The average Bonchev–Trinajstić information content (AvgIpc) is 2.83. The summed E-state index contributed by atoms with van der Waals surface area (Å²) in [6, 6.07) is 9.22. The van der Waals surface area contributed by atoms with Crippen LogP contribution in [0.2, 0.25) is 0 Å². The number of nitrogens with zero attached hydrogens (tertiary/aromatic N) is 1. The fraction of sp³-hybridized carbons (Fsp3) is 0.435. The Balaban J connectivity index is 1.57. The Labute approximate surface area is 188 Å². The lowest BCUT2D eigenvalue weighted by molar-refractivity contribution is 0.0720. The summed E-state index contributed by atoms with van der Waals surface area (Å²) in [5.41, 5.74) is 1.00. The third-order valence-corrected chi connectivity index (χ3v) is 7.29. The summed E-state index contributed by atoms with van der Waals surface area (Å²) in [6.45, 7) is 4.03. The van der Waals surface area contributed by atoms with E-state index in [2.05, 4.69) is 4.72 Å². The van der Waals surface area contributed by atoms with Crippen molar-refractivity contribution in [3.05, 3.63) is 47.5 Å². The maximum atomic E-state index is 13.1. The topological polar surface area (TPSA) is 94.2 Å². The fourth-order valence-corrected chi connectivity index (χ4v) is 5.24. The van der Waals surface area contributed by atoms with E-state index in [0.717, 1.165) is 24.8 Å². The number of fused-ring (bicyclic) bond motifs is 1. The highest BCUT2D eigenvalue weighted by Crippen LogP contribution is 2.33. The number of nitrogens with one attached hydrogen (secondary N) is 1. The Morgan fingerprint density at radius 3 is 2.47 bits per heavy atom. The van der Waals surface area contributed by atoms with Crippen LogP contribution in [0, 0.1) is 0 Å². The van der Waals surface area contributed by atoms with Crippen molar-refractivity contribution in [1.29, 1.82) is 0 Å². The molecular formula is C23H28N2O6S. The Morgan fingerprint density at radius 1 is 1.03 bits per heavy atom. The van der Waals surface area contributed by atoms with Crippen LogP contribution in [0.4, 0.5) is 0 Å². The molecule has 1 atom stereocenters. The smallest absolute Gasteiger partial charge is 0.257 e. The summed E-state index contributed by atoms with van der Waals surface area (Å²) in [4.78, 5) is 14.8. The van der Waals surface area contributed by atoms with Gasteiger partial charge in [0.05, 0.1) is 17.6 Å². The second kappa shape index (κ2) is 9.38. The number of ether oxygens (including phenoxy) is 3. The van der Waals surface area contributed by atoms with Crippen LogP contribution in [-0.4, -0.2) is 52.6 Å². The number of carbonyl (C=O) groups is 1. The SMILES string of the molecule is COc1ccc(S(=O)(=O)N[C@@H](C)c2ccc3c(c2)OCCO3)cc1C(=O)N1CCCCC1. The molecule has 0 saturated carbocycles. The third-order valence-electron chi connectivity index (χ3n) is 5.75. The Kier molecular flexibility index (Phi) is 6.57. The van der Waals surface area contributed by atoms with E-state index in [-0.39, 0.29) is 16.4 Å². The molecule has 2 aliphatic heterocycles. The molecule has 32 heavy (non-hydrogen) atoms. The van der Waals surface area contributed by atoms with Crippen molar-refractivity contribution in [2.24, 2.45) is 0 Å². The summed E-state index contributed by atoms with van der Waals surface area (Å²) >= 11 is 0. The van der Waals surface area contributed by atoms with Gasteiger partial charge in [-0.25, -0.2) is 13.1 Å². The van der Waals surface area contributed by atoms with E-state index in [0.29, 0.717) is 43.6 Å². The lowest BCUT2D eigenvalue weighted by Gasteiger charge is -2.27. The Hall–Kier alpha value is -2.78. The molecule has 2 aliphatic rings. The first kappa shape index (κ1) is 22.4. The molecule has 0 bridgehead atoms. The average molecular weight is 461 g/mol. The minimum absolute atomic E-state index is 0.0167. The van der Waals surface area contributed by atoms with Crippen molar-refractivity contribution in [3.8, 4) is 17.2 Å². The van der Waals surface area contributed by atoms with E-state index in [9.17, 15) is 13.2 Å². The van der Waals surface area contributed by atoms with E-state index < -0.39 is 16.1 Å². The van der Waals surface area contributed by atoms with E-state index in [1.165, 1.54) is 25.3 Å². The minimum Gasteiger partial charge on any atom is -0.496 e. The van der Waals surface area contributed by atoms with Gasteiger partial charge in [-0.05, 0) is 62.1 Å². The summed E-state index contributed by atoms with van der Waals surface area (Å²) in [5.74, 6) is 1.39. The molecule has 1 N–H and O–H groups in total. The van der Waals surface area contributed by atoms with Gasteiger partial charge in [-0.15, -0.1) is 0 Å². The van der Waals surface area contributed by atoms with Crippen molar-refractivity contribution in [1.82, 2.24) is 9.62 Å². The largest absolute Gasteiger partial charge is 0.496 e. The molecule has 0 radical (unpaired) electrons. The molecular weight excluding hydrogens is 432 g/mol. The van der Waals surface area contributed by atoms with Crippen LogP contribution in [0.3, 0.4) is 0 Å². The predicted molar refractivity (Wildman–Crippen MR) is 119 cm³/mol. The van der Waals surface area contributed by atoms with Gasteiger partial charge >= 0.3 is 0 Å². The lowest BCUT2D eigenvalue weighted by Crippen LogP contribution is -2.36. The normalized spacial score (nSPS) is 17.0. The summed E-state index contributed by atoms with van der Waals surface area (Å²) in [7, 11) is -2.42. The molecule has 172 valence electrons. The van der Waals surface area contributed by atoms with Crippen molar-refractivity contribution in [3.63, 3.8) is 0 Å². The molecule has 0 spiro atoms. The number of likely N-dealkylation sites (tertiary alicyclic amines) is 1. The van der Waals surface area contributed by atoms with Gasteiger partial charge in [-0.1, -0.05) is 6.07 Å². The third kappa shape index (κ3) is 4.68. The van der Waals surface area contributed by atoms with Crippen molar-refractivity contribution in [2.45, 2.75) is 37.1 Å². The number of piperidine rings is 1. The van der Waals surface area contributed by atoms with Crippen LogP contribution >= 0.6 is 0 Å². The highest BCUT2D eigenvalue weighted by atomic mass is 32.2. The summed E-state index contributed by atoms with van der Waals surface area (Å²) in [5, 5.41) is 0. The first-order valence-corrected chi connectivity index (χ1v) is 12.3. The van der Waals surface area contributed by atoms with Gasteiger partial charge in [0.1, 0.15) is 19.0 Å². The number of hydrogen-bond donors (Lipinski definition) is 1. The van der Waals surface area contributed by atoms with Crippen LogP contribution in [-0.2, 0) is 10.0 Å². The Morgan fingerprint density at radius 2 is 1.75 bits per heavy atom. The fourth-order valence-electron chi connectivity index (χ4n) is 3.99. The zero-order valence-electron chi connectivity index (χ0n) is 18.3. The van der Waals surface area contributed by atoms with Crippen molar-refractivity contribution < 1.29 is 27.4 Å². The molecule has 2 aromatic rings. The van der Waals surface area contributed by atoms with Gasteiger partial charge in [0, 0.05) is 19.1 Å². The molecule has 2 aromatic carbocycles. The quantitative estimate of drug-likeness (QED) is 0.712. The number of hydrogen-bond acceptors (Lipinski definition) is 6. The maximum Gasteiger partial charge on any atom is 0.257 e. The molecule has 0 unspecified atom stereocenters. The molecule has 2 heterocycles. The zero-order valence-corrected chi connectivity index (χ0v) is 19.1. The monoisotopic (exact) mass is 460 g/mol. The van der Waals surface area contributed by atoms with Crippen molar-refractivity contribution in [2.75, 3.05) is 33.4 Å². The van der Waals surface area contributed by atoms with E-state index >= 15 is 0 Å². The maximum absolute atomic E-state index is 13.1. The zero-order chi connectivity index (χ0) is 22.7. The van der Waals surface area contributed by atoms with Crippen LogP contribution in [0.15, 0.2) is 41.3 Å². The molecule has 1 saturated heterocycles. The summed E-state index contributed by atoms with van der Waals surface area (Å²) < 4.78 is 45.4. The second-order valence-electron chi connectivity index (χ2n) is 7.96. The van der Waals surface area contributed by atoms with Gasteiger partial charge in [-0.3, -0.25) is 4.79 Å². The minimum atomic E-state index is -3.89. The van der Waals surface area contributed by atoms with Crippen LogP contribution < -0.4 is 18.9 Å². The van der Waals surface area contributed by atoms with Crippen molar-refractivity contribution >= 4 is 15.9 Å². The predicted octanol–water partition coefficient (Wildman–Crippen LogP) is 3.13.